The minimum Gasteiger partial charge on any atom is -0.480 e. The summed E-state index contributed by atoms with van der Waals surface area (Å²) in [6.45, 7) is 1.98. The Bertz CT molecular complexity index is 1010. The third kappa shape index (κ3) is 6.58. The number of ether oxygens (including phenoxy) is 2. The van der Waals surface area contributed by atoms with Crippen molar-refractivity contribution in [3.05, 3.63) is 59.7 Å². The maximum Gasteiger partial charge on any atom is 0.407 e. The van der Waals surface area contributed by atoms with Crippen LogP contribution in [0.25, 0.3) is 11.1 Å². The number of hydrogen-bond acceptors (Lipinski definition) is 6. The molecule has 1 heterocycles. The predicted octanol–water partition coefficient (Wildman–Crippen LogP) is 2.21. The molecule has 1 fully saturated rings. The van der Waals surface area contributed by atoms with Crippen LogP contribution in [-0.2, 0) is 19.1 Å². The van der Waals surface area contributed by atoms with Crippen LogP contribution in [0.1, 0.15) is 29.9 Å². The Morgan fingerprint density at radius 3 is 2.23 bits per heavy atom. The van der Waals surface area contributed by atoms with E-state index in [0.717, 1.165) is 12.8 Å². The first-order chi connectivity index (χ1) is 17.0. The number of amides is 2. The van der Waals surface area contributed by atoms with E-state index < -0.39 is 12.1 Å². The normalized spacial score (nSPS) is 15.8. The quantitative estimate of drug-likeness (QED) is 0.446. The lowest BCUT2D eigenvalue weighted by molar-refractivity contribution is -0.142. The molecule has 4 rings (SSSR count). The summed E-state index contributed by atoms with van der Waals surface area (Å²) in [6.07, 6.45) is 1.06. The predicted molar refractivity (Wildman–Crippen MR) is 129 cm³/mol. The van der Waals surface area contributed by atoms with Gasteiger partial charge in [-0.25, -0.2) is 9.59 Å². The van der Waals surface area contributed by atoms with Gasteiger partial charge in [0.2, 0.25) is 5.91 Å². The van der Waals surface area contributed by atoms with Crippen LogP contribution in [0.2, 0.25) is 0 Å². The number of alkyl carbamates (subject to hydrolysis) is 1. The zero-order valence-corrected chi connectivity index (χ0v) is 19.6. The van der Waals surface area contributed by atoms with Crippen molar-refractivity contribution in [1.82, 2.24) is 15.5 Å². The van der Waals surface area contributed by atoms with Crippen LogP contribution in [0.3, 0.4) is 0 Å². The topological polar surface area (TPSA) is 117 Å². The zero-order chi connectivity index (χ0) is 24.6. The smallest absolute Gasteiger partial charge is 0.407 e. The zero-order valence-electron chi connectivity index (χ0n) is 19.6. The van der Waals surface area contributed by atoms with E-state index in [9.17, 15) is 14.4 Å². The molecule has 0 spiro atoms. The molecule has 9 heteroatoms. The van der Waals surface area contributed by atoms with Gasteiger partial charge < -0.3 is 25.2 Å². The average Bonchev–Trinajstić information content (AvgIpc) is 3.17. The molecule has 0 aromatic heterocycles. The van der Waals surface area contributed by atoms with E-state index in [1.807, 2.05) is 29.2 Å². The highest BCUT2D eigenvalue weighted by Gasteiger charge is 2.29. The van der Waals surface area contributed by atoms with E-state index in [4.69, 9.17) is 14.6 Å². The van der Waals surface area contributed by atoms with Gasteiger partial charge in [0.05, 0.1) is 13.2 Å². The van der Waals surface area contributed by atoms with Gasteiger partial charge in [-0.2, -0.15) is 0 Å². The molecule has 2 aromatic rings. The highest BCUT2D eigenvalue weighted by atomic mass is 16.5. The van der Waals surface area contributed by atoms with Crippen LogP contribution in [0.5, 0.6) is 0 Å². The van der Waals surface area contributed by atoms with Crippen LogP contribution >= 0.6 is 0 Å². The fourth-order valence-corrected chi connectivity index (χ4v) is 4.72. The third-order valence-corrected chi connectivity index (χ3v) is 6.41. The molecule has 35 heavy (non-hydrogen) atoms. The number of piperidine rings is 1. The molecular weight excluding hydrogens is 450 g/mol. The summed E-state index contributed by atoms with van der Waals surface area (Å²) in [7, 11) is 0. The molecule has 1 aliphatic heterocycles. The molecule has 1 saturated heterocycles. The van der Waals surface area contributed by atoms with Crippen LogP contribution in [0.4, 0.5) is 4.79 Å². The molecule has 0 unspecified atom stereocenters. The standard InChI is InChI=1S/C26H31N3O6/c30-24(27-11-14-34-17-25(31)32)15-29-12-9-18(10-13-29)28-26(33)35-16-23-21-7-3-1-5-19(21)20-6-2-4-8-22(20)23/h1-8,18,23H,9-17H2,(H,27,30)(H,28,33)(H,31,32). The maximum atomic E-state index is 12.5. The second-order valence-electron chi connectivity index (χ2n) is 8.82. The van der Waals surface area contributed by atoms with Crippen molar-refractivity contribution < 1.29 is 29.0 Å². The number of carboxylic acids is 1. The van der Waals surface area contributed by atoms with Gasteiger partial charge in [-0.3, -0.25) is 9.69 Å². The lowest BCUT2D eigenvalue weighted by atomic mass is 9.98. The Balaban J connectivity index is 1.16. The Hall–Kier alpha value is -3.43. The van der Waals surface area contributed by atoms with Gasteiger partial charge in [0.25, 0.3) is 0 Å². The molecule has 1 aliphatic carbocycles. The number of hydrogen-bond donors (Lipinski definition) is 3. The summed E-state index contributed by atoms with van der Waals surface area (Å²) in [6, 6.07) is 16.5. The highest BCUT2D eigenvalue weighted by Crippen LogP contribution is 2.44. The number of nitrogens with zero attached hydrogens (tertiary/aromatic N) is 1. The van der Waals surface area contributed by atoms with Gasteiger partial charge in [-0.05, 0) is 35.1 Å². The Labute approximate surface area is 204 Å². The molecule has 2 amide bonds. The van der Waals surface area contributed by atoms with Gasteiger partial charge in [-0.1, -0.05) is 48.5 Å². The second-order valence-corrected chi connectivity index (χ2v) is 8.82. The lowest BCUT2D eigenvalue weighted by Gasteiger charge is -2.31. The Morgan fingerprint density at radius 2 is 1.60 bits per heavy atom. The number of carbonyl (C=O) groups excluding carboxylic acids is 2. The minimum atomic E-state index is -1.04. The van der Waals surface area contributed by atoms with Crippen molar-refractivity contribution in [1.29, 1.82) is 0 Å². The summed E-state index contributed by atoms with van der Waals surface area (Å²) in [5, 5.41) is 14.2. The first-order valence-corrected chi connectivity index (χ1v) is 11.9. The molecule has 0 radical (unpaired) electrons. The summed E-state index contributed by atoms with van der Waals surface area (Å²) in [5.41, 5.74) is 4.76. The van der Waals surface area contributed by atoms with Crippen molar-refractivity contribution in [2.24, 2.45) is 0 Å². The monoisotopic (exact) mass is 481 g/mol. The lowest BCUT2D eigenvalue weighted by Crippen LogP contribution is -2.47. The Morgan fingerprint density at radius 1 is 0.971 bits per heavy atom. The molecular formula is C26H31N3O6. The summed E-state index contributed by atoms with van der Waals surface area (Å²) in [4.78, 5) is 37.0. The maximum absolute atomic E-state index is 12.5. The van der Waals surface area contributed by atoms with E-state index in [1.54, 1.807) is 0 Å². The van der Waals surface area contributed by atoms with Crippen molar-refractivity contribution in [3.8, 4) is 11.1 Å². The van der Waals surface area contributed by atoms with E-state index >= 15 is 0 Å². The SMILES string of the molecule is O=C(O)COCCNC(=O)CN1CCC(NC(=O)OCC2c3ccccc3-c3ccccc32)CC1. The molecule has 0 atom stereocenters. The molecule has 186 valence electrons. The first-order valence-electron chi connectivity index (χ1n) is 11.9. The van der Waals surface area contributed by atoms with Gasteiger partial charge in [-0.15, -0.1) is 0 Å². The van der Waals surface area contributed by atoms with Gasteiger partial charge >= 0.3 is 12.1 Å². The van der Waals surface area contributed by atoms with E-state index in [1.165, 1.54) is 22.3 Å². The molecule has 3 N–H and O–H groups in total. The van der Waals surface area contributed by atoms with E-state index in [2.05, 4.69) is 34.9 Å². The fourth-order valence-electron chi connectivity index (χ4n) is 4.72. The largest absolute Gasteiger partial charge is 0.480 e. The second kappa shape index (κ2) is 11.8. The number of rotatable bonds is 10. The van der Waals surface area contributed by atoms with Crippen LogP contribution < -0.4 is 10.6 Å². The van der Waals surface area contributed by atoms with E-state index in [0.29, 0.717) is 13.1 Å². The molecule has 0 saturated carbocycles. The van der Waals surface area contributed by atoms with Crippen LogP contribution in [-0.4, -0.2) is 80.0 Å². The van der Waals surface area contributed by atoms with Gasteiger partial charge in [0, 0.05) is 31.6 Å². The number of aliphatic carboxylic acids is 1. The average molecular weight is 482 g/mol. The number of nitrogens with one attached hydrogen (secondary N) is 2. The first kappa shape index (κ1) is 24.7. The number of carboxylic acid groups (broad SMARTS) is 1. The Kier molecular flexibility index (Phi) is 8.33. The summed E-state index contributed by atoms with van der Waals surface area (Å²) >= 11 is 0. The van der Waals surface area contributed by atoms with Crippen LogP contribution in [0.15, 0.2) is 48.5 Å². The minimum absolute atomic E-state index is 0.00869. The van der Waals surface area contributed by atoms with Crippen LogP contribution in [0, 0.1) is 0 Å². The van der Waals surface area contributed by atoms with Crippen molar-refractivity contribution >= 4 is 18.0 Å². The molecule has 2 aromatic carbocycles. The van der Waals surface area contributed by atoms with Crippen molar-refractivity contribution in [2.75, 3.05) is 46.0 Å². The number of carbonyl (C=O) groups is 3. The van der Waals surface area contributed by atoms with Crippen molar-refractivity contribution in [2.45, 2.75) is 24.8 Å². The molecule has 2 aliphatic rings. The summed E-state index contributed by atoms with van der Waals surface area (Å²) < 4.78 is 10.5. The number of likely N-dealkylation sites (tertiary alicyclic amines) is 1. The highest BCUT2D eigenvalue weighted by molar-refractivity contribution is 5.79. The molecule has 0 bridgehead atoms. The van der Waals surface area contributed by atoms with Gasteiger partial charge in [0.1, 0.15) is 13.2 Å². The molecule has 9 nitrogen and oxygen atoms in total. The number of benzene rings is 2. The van der Waals surface area contributed by atoms with Crippen molar-refractivity contribution in [3.63, 3.8) is 0 Å². The number of fused-ring (bicyclic) bond motifs is 3. The van der Waals surface area contributed by atoms with E-state index in [-0.39, 0.29) is 50.8 Å². The fraction of sp³-hybridized carbons (Fsp3) is 0.423. The van der Waals surface area contributed by atoms with Gasteiger partial charge in [0.15, 0.2) is 0 Å². The third-order valence-electron chi connectivity index (χ3n) is 6.41. The summed E-state index contributed by atoms with van der Waals surface area (Å²) in [5.74, 6) is -1.14.